The smallest absolute Gasteiger partial charge is 0.322 e. The summed E-state index contributed by atoms with van der Waals surface area (Å²) >= 11 is 4.43. The zero-order valence-corrected chi connectivity index (χ0v) is 23.0. The van der Waals surface area contributed by atoms with Crippen molar-refractivity contribution < 1.29 is 33.2 Å². The highest BCUT2D eigenvalue weighted by Gasteiger charge is 2.17. The van der Waals surface area contributed by atoms with Crippen molar-refractivity contribution in [1.29, 1.82) is 0 Å². The first kappa shape index (κ1) is 28.1. The van der Waals surface area contributed by atoms with Crippen molar-refractivity contribution in [2.45, 2.75) is 12.5 Å². The highest BCUT2D eigenvalue weighted by Crippen LogP contribution is 2.33. The first-order valence-corrected chi connectivity index (χ1v) is 12.5. The van der Waals surface area contributed by atoms with Gasteiger partial charge in [-0.2, -0.15) is 0 Å². The molecule has 182 valence electrons. The first-order chi connectivity index (χ1) is 15.9. The number of esters is 1. The number of nitrogens with two attached hydrogens (primary N) is 1. The number of carbonyl (C=O) groups is 1. The Labute approximate surface area is 221 Å². The van der Waals surface area contributed by atoms with E-state index in [-0.39, 0.29) is 0 Å². The molecule has 0 aromatic heterocycles. The van der Waals surface area contributed by atoms with Crippen molar-refractivity contribution in [2.24, 2.45) is 5.73 Å². The van der Waals surface area contributed by atoms with Crippen LogP contribution in [-0.2, 0) is 30.2 Å². The summed E-state index contributed by atoms with van der Waals surface area (Å²) in [5.74, 6) is 1.75. The van der Waals surface area contributed by atoms with Gasteiger partial charge in [-0.3, -0.25) is 4.79 Å². The number of carbonyl (C=O) groups excluding carboxylic acids is 1. The molecule has 8 nitrogen and oxygen atoms in total. The monoisotopic (exact) mass is 685 g/mol. The maximum absolute atomic E-state index is 11.6. The SMILES string of the molecule is COCCOCCOCCOc1ccc(Oc2c(I)cc(CC(N)C(=O)OC)cc2I)cc1. The van der Waals surface area contributed by atoms with Gasteiger partial charge in [-0.25, -0.2) is 0 Å². The van der Waals surface area contributed by atoms with E-state index in [1.54, 1.807) is 7.11 Å². The number of hydrogen-bond donors (Lipinski definition) is 1. The van der Waals surface area contributed by atoms with Gasteiger partial charge < -0.3 is 34.2 Å². The molecule has 0 amide bonds. The molecule has 1 atom stereocenters. The van der Waals surface area contributed by atoms with Crippen LogP contribution in [0.2, 0.25) is 0 Å². The number of methoxy groups -OCH3 is 2. The van der Waals surface area contributed by atoms with Gasteiger partial charge in [-0.05, 0) is 93.6 Å². The zero-order chi connectivity index (χ0) is 24.1. The molecule has 0 bridgehead atoms. The van der Waals surface area contributed by atoms with Crippen LogP contribution in [0.4, 0.5) is 0 Å². The lowest BCUT2D eigenvalue weighted by Crippen LogP contribution is -2.33. The molecule has 0 saturated carbocycles. The molecule has 0 aliphatic heterocycles. The summed E-state index contributed by atoms with van der Waals surface area (Å²) in [6, 6.07) is 10.6. The number of benzene rings is 2. The van der Waals surface area contributed by atoms with Crippen LogP contribution >= 0.6 is 45.2 Å². The van der Waals surface area contributed by atoms with E-state index in [0.717, 1.165) is 24.2 Å². The third-order valence-corrected chi connectivity index (χ3v) is 5.96. The van der Waals surface area contributed by atoms with E-state index in [1.807, 2.05) is 36.4 Å². The first-order valence-electron chi connectivity index (χ1n) is 10.3. The number of ether oxygens (including phenoxy) is 6. The molecule has 0 aliphatic carbocycles. The molecule has 2 aromatic rings. The molecule has 2 rings (SSSR count). The van der Waals surface area contributed by atoms with E-state index in [4.69, 9.17) is 34.2 Å². The van der Waals surface area contributed by atoms with Crippen LogP contribution in [0.5, 0.6) is 17.2 Å². The summed E-state index contributed by atoms with van der Waals surface area (Å²) in [5, 5.41) is 0. The Bertz CT molecular complexity index is 841. The van der Waals surface area contributed by atoms with Gasteiger partial charge >= 0.3 is 5.97 Å². The fourth-order valence-electron chi connectivity index (χ4n) is 2.72. The van der Waals surface area contributed by atoms with E-state index in [2.05, 4.69) is 45.2 Å². The Kier molecular flexibility index (Phi) is 13.3. The predicted octanol–water partition coefficient (Wildman–Crippen LogP) is 3.79. The van der Waals surface area contributed by atoms with E-state index in [1.165, 1.54) is 7.11 Å². The van der Waals surface area contributed by atoms with Crippen LogP contribution in [0, 0.1) is 7.14 Å². The highest BCUT2D eigenvalue weighted by molar-refractivity contribution is 14.1. The Morgan fingerprint density at radius 3 is 2.00 bits per heavy atom. The number of rotatable bonds is 15. The third kappa shape index (κ3) is 10.3. The summed E-state index contributed by atoms with van der Waals surface area (Å²) < 4.78 is 34.0. The standard InChI is InChI=1S/C23H29I2NO7/c1-28-7-8-30-9-10-31-11-12-32-17-3-5-18(6-4-17)33-22-19(24)13-16(14-20(22)25)15-21(26)23(27)29-2/h3-6,13-14,21H,7-12,15,26H2,1-2H3. The number of halogens is 2. The van der Waals surface area contributed by atoms with Crippen molar-refractivity contribution in [2.75, 3.05) is 53.9 Å². The van der Waals surface area contributed by atoms with Crippen molar-refractivity contribution >= 4 is 51.2 Å². The van der Waals surface area contributed by atoms with E-state index >= 15 is 0 Å². The van der Waals surface area contributed by atoms with Gasteiger partial charge in [0.05, 0.1) is 47.3 Å². The highest BCUT2D eigenvalue weighted by atomic mass is 127. The fraction of sp³-hybridized carbons (Fsp3) is 0.435. The summed E-state index contributed by atoms with van der Waals surface area (Å²) in [4.78, 5) is 11.6. The van der Waals surface area contributed by atoms with Crippen LogP contribution in [0.3, 0.4) is 0 Å². The van der Waals surface area contributed by atoms with Crippen molar-refractivity contribution in [3.63, 3.8) is 0 Å². The van der Waals surface area contributed by atoms with Gasteiger partial charge in [0.1, 0.15) is 24.1 Å². The molecule has 0 radical (unpaired) electrons. The minimum absolute atomic E-state index is 0.398. The average Bonchev–Trinajstić information content (AvgIpc) is 2.80. The summed E-state index contributed by atoms with van der Waals surface area (Å²) in [7, 11) is 2.97. The van der Waals surface area contributed by atoms with Crippen molar-refractivity contribution in [3.05, 3.63) is 49.1 Å². The Morgan fingerprint density at radius 2 is 1.42 bits per heavy atom. The normalized spacial score (nSPS) is 11.8. The molecule has 2 N–H and O–H groups in total. The lowest BCUT2D eigenvalue weighted by Gasteiger charge is -2.14. The molecular formula is C23H29I2NO7. The van der Waals surface area contributed by atoms with Crippen LogP contribution in [-0.4, -0.2) is 65.9 Å². The lowest BCUT2D eigenvalue weighted by molar-refractivity contribution is -0.142. The van der Waals surface area contributed by atoms with Crippen LogP contribution < -0.4 is 15.2 Å². The Hall–Kier alpha value is -1.19. The zero-order valence-electron chi connectivity index (χ0n) is 18.7. The van der Waals surface area contributed by atoms with Crippen LogP contribution in [0.1, 0.15) is 5.56 Å². The Balaban J connectivity index is 1.80. The van der Waals surface area contributed by atoms with Gasteiger partial charge in [0.2, 0.25) is 0 Å². The second kappa shape index (κ2) is 15.7. The second-order valence-corrected chi connectivity index (χ2v) is 9.19. The minimum atomic E-state index is -0.694. The molecule has 10 heteroatoms. The average molecular weight is 685 g/mol. The number of hydrogen-bond acceptors (Lipinski definition) is 8. The molecule has 0 heterocycles. The molecule has 33 heavy (non-hydrogen) atoms. The lowest BCUT2D eigenvalue weighted by atomic mass is 10.1. The molecular weight excluding hydrogens is 656 g/mol. The van der Waals surface area contributed by atoms with E-state index in [0.29, 0.717) is 51.8 Å². The Morgan fingerprint density at radius 1 is 0.879 bits per heavy atom. The topological polar surface area (TPSA) is 98.5 Å². The summed E-state index contributed by atoms with van der Waals surface area (Å²) in [5.41, 5.74) is 6.82. The van der Waals surface area contributed by atoms with Gasteiger partial charge in [-0.1, -0.05) is 0 Å². The summed E-state index contributed by atoms with van der Waals surface area (Å²) in [6.45, 7) is 3.13. The van der Waals surface area contributed by atoms with Gasteiger partial charge in [0, 0.05) is 7.11 Å². The van der Waals surface area contributed by atoms with E-state index < -0.39 is 12.0 Å². The molecule has 0 spiro atoms. The predicted molar refractivity (Wildman–Crippen MR) is 141 cm³/mol. The molecule has 0 saturated heterocycles. The summed E-state index contributed by atoms with van der Waals surface area (Å²) in [6.07, 6.45) is 0.398. The fourth-order valence-corrected chi connectivity index (χ4v) is 4.84. The quantitative estimate of drug-likeness (QED) is 0.172. The van der Waals surface area contributed by atoms with Crippen molar-refractivity contribution in [3.8, 4) is 17.2 Å². The van der Waals surface area contributed by atoms with E-state index in [9.17, 15) is 4.79 Å². The van der Waals surface area contributed by atoms with Crippen molar-refractivity contribution in [1.82, 2.24) is 0 Å². The largest absolute Gasteiger partial charge is 0.491 e. The van der Waals surface area contributed by atoms with Gasteiger partial charge in [0.15, 0.2) is 5.75 Å². The minimum Gasteiger partial charge on any atom is -0.491 e. The molecule has 0 aliphatic rings. The molecule has 2 aromatic carbocycles. The van der Waals surface area contributed by atoms with Gasteiger partial charge in [-0.15, -0.1) is 0 Å². The maximum atomic E-state index is 11.6. The van der Waals surface area contributed by atoms with Crippen LogP contribution in [0.15, 0.2) is 36.4 Å². The molecule has 0 fully saturated rings. The van der Waals surface area contributed by atoms with Crippen LogP contribution in [0.25, 0.3) is 0 Å². The molecule has 1 unspecified atom stereocenters. The maximum Gasteiger partial charge on any atom is 0.322 e. The second-order valence-electron chi connectivity index (χ2n) is 6.86. The third-order valence-electron chi connectivity index (χ3n) is 4.36. The van der Waals surface area contributed by atoms with Gasteiger partial charge in [0.25, 0.3) is 0 Å².